The Morgan fingerprint density at radius 3 is 2.45 bits per heavy atom. The van der Waals surface area contributed by atoms with Crippen LogP contribution in [-0.2, 0) is 9.59 Å². The monoisotopic (exact) mass is 523 g/mol. The standard InChI is InChI=1S/C31H29N3O3S/c1-19-11-16-25-27(17-19)38-29(32-25)21-12-14-23(15-13-21)34-28(35)18-26(31(34)37)33(22-8-4-5-9-22)30(36)24-10-6-3-7-20(24)2/h3,6-7,10-17,22,26H,4-5,8-9,18H2,1-2H3. The molecular formula is C31H29N3O3S. The molecule has 0 N–H and O–H groups in total. The quantitative estimate of drug-likeness (QED) is 0.288. The van der Waals surface area contributed by atoms with Crippen LogP contribution in [0.5, 0.6) is 0 Å². The van der Waals surface area contributed by atoms with Gasteiger partial charge in [0.1, 0.15) is 11.0 Å². The largest absolute Gasteiger partial charge is 0.323 e. The van der Waals surface area contributed by atoms with E-state index in [1.807, 2.05) is 43.3 Å². The Bertz CT molecular complexity index is 1550. The van der Waals surface area contributed by atoms with Gasteiger partial charge in [0, 0.05) is 17.2 Å². The molecule has 7 heteroatoms. The van der Waals surface area contributed by atoms with Crippen LogP contribution in [0.15, 0.2) is 66.7 Å². The first kappa shape index (κ1) is 24.5. The Morgan fingerprint density at radius 1 is 0.974 bits per heavy atom. The summed E-state index contributed by atoms with van der Waals surface area (Å²) in [5.41, 5.74) is 5.07. The summed E-state index contributed by atoms with van der Waals surface area (Å²) in [6.07, 6.45) is 3.76. The molecule has 2 heterocycles. The number of imide groups is 1. The number of amides is 3. The van der Waals surface area contributed by atoms with Crippen LogP contribution in [0.25, 0.3) is 20.8 Å². The molecule has 0 bridgehead atoms. The Kier molecular flexibility index (Phi) is 6.32. The molecule has 1 unspecified atom stereocenters. The second-order valence-corrected chi connectivity index (χ2v) is 11.3. The van der Waals surface area contributed by atoms with Crippen LogP contribution in [0.2, 0.25) is 0 Å². The molecule has 1 aromatic heterocycles. The number of hydrogen-bond acceptors (Lipinski definition) is 5. The minimum atomic E-state index is -0.787. The van der Waals surface area contributed by atoms with Crippen LogP contribution in [0, 0.1) is 13.8 Å². The predicted octanol–water partition coefficient (Wildman–Crippen LogP) is 6.30. The molecule has 192 valence electrons. The highest BCUT2D eigenvalue weighted by Gasteiger charge is 2.47. The topological polar surface area (TPSA) is 70.6 Å². The van der Waals surface area contributed by atoms with Gasteiger partial charge in [0.15, 0.2) is 0 Å². The summed E-state index contributed by atoms with van der Waals surface area (Å²) in [4.78, 5) is 48.4. The van der Waals surface area contributed by atoms with E-state index in [0.29, 0.717) is 11.3 Å². The first-order valence-corrected chi connectivity index (χ1v) is 13.9. The van der Waals surface area contributed by atoms with Gasteiger partial charge >= 0.3 is 0 Å². The maximum Gasteiger partial charge on any atom is 0.257 e. The third-order valence-electron chi connectivity index (χ3n) is 7.70. The molecule has 4 aromatic rings. The highest BCUT2D eigenvalue weighted by molar-refractivity contribution is 7.21. The first-order valence-electron chi connectivity index (χ1n) is 13.1. The van der Waals surface area contributed by atoms with E-state index in [9.17, 15) is 14.4 Å². The molecule has 1 aliphatic heterocycles. The van der Waals surface area contributed by atoms with E-state index in [-0.39, 0.29) is 30.2 Å². The minimum absolute atomic E-state index is 0.00588. The molecule has 3 amide bonds. The lowest BCUT2D eigenvalue weighted by Crippen LogP contribution is -2.50. The summed E-state index contributed by atoms with van der Waals surface area (Å²) >= 11 is 1.62. The second kappa shape index (κ2) is 9.80. The lowest BCUT2D eigenvalue weighted by Gasteiger charge is -2.33. The third-order valence-corrected chi connectivity index (χ3v) is 8.77. The molecule has 6 rings (SSSR count). The molecule has 0 spiro atoms. The van der Waals surface area contributed by atoms with Crippen LogP contribution in [-0.4, -0.2) is 39.7 Å². The molecule has 1 atom stereocenters. The van der Waals surface area contributed by atoms with Crippen LogP contribution in [0.4, 0.5) is 5.69 Å². The predicted molar refractivity (Wildman–Crippen MR) is 150 cm³/mol. The highest BCUT2D eigenvalue weighted by atomic mass is 32.1. The fourth-order valence-electron chi connectivity index (χ4n) is 5.71. The Morgan fingerprint density at radius 2 is 1.71 bits per heavy atom. The van der Waals surface area contributed by atoms with Gasteiger partial charge in [-0.1, -0.05) is 37.1 Å². The number of anilines is 1. The summed E-state index contributed by atoms with van der Waals surface area (Å²) in [5, 5.41) is 0.894. The van der Waals surface area contributed by atoms with E-state index in [2.05, 4.69) is 19.1 Å². The number of nitrogens with zero attached hydrogens (tertiary/aromatic N) is 3. The van der Waals surface area contributed by atoms with Crippen molar-refractivity contribution in [1.82, 2.24) is 9.88 Å². The molecule has 2 fully saturated rings. The van der Waals surface area contributed by atoms with Crippen molar-refractivity contribution >= 4 is 45.0 Å². The first-order chi connectivity index (χ1) is 18.4. The number of hydrogen-bond donors (Lipinski definition) is 0. The third kappa shape index (κ3) is 4.31. The average Bonchev–Trinajstić information content (AvgIpc) is 3.64. The number of benzene rings is 3. The van der Waals surface area contributed by atoms with Gasteiger partial charge in [0.2, 0.25) is 5.91 Å². The molecule has 1 saturated carbocycles. The van der Waals surface area contributed by atoms with Crippen molar-refractivity contribution in [2.24, 2.45) is 0 Å². The van der Waals surface area contributed by atoms with E-state index in [1.54, 1.807) is 34.4 Å². The normalized spacial score (nSPS) is 18.1. The Hall–Kier alpha value is -3.84. The Labute approximate surface area is 225 Å². The molecule has 0 radical (unpaired) electrons. The number of rotatable bonds is 5. The average molecular weight is 524 g/mol. The van der Waals surface area contributed by atoms with Gasteiger partial charge in [-0.05, 0) is 80.3 Å². The van der Waals surface area contributed by atoms with Crippen molar-refractivity contribution in [3.05, 3.63) is 83.4 Å². The van der Waals surface area contributed by atoms with Gasteiger partial charge in [-0.3, -0.25) is 14.4 Å². The molecule has 6 nitrogen and oxygen atoms in total. The maximum absolute atomic E-state index is 13.8. The van der Waals surface area contributed by atoms with E-state index in [0.717, 1.165) is 52.0 Å². The fraction of sp³-hybridized carbons (Fsp3) is 0.290. The van der Waals surface area contributed by atoms with Crippen LogP contribution < -0.4 is 4.90 Å². The van der Waals surface area contributed by atoms with Gasteiger partial charge in [-0.2, -0.15) is 0 Å². The van der Waals surface area contributed by atoms with Gasteiger partial charge in [0.05, 0.1) is 22.3 Å². The van der Waals surface area contributed by atoms with Crippen molar-refractivity contribution in [1.29, 1.82) is 0 Å². The number of aromatic nitrogens is 1. The molecule has 1 saturated heterocycles. The summed E-state index contributed by atoms with van der Waals surface area (Å²) in [5.74, 6) is -0.764. The molecule has 1 aliphatic carbocycles. The van der Waals surface area contributed by atoms with Crippen LogP contribution >= 0.6 is 11.3 Å². The lowest BCUT2D eigenvalue weighted by atomic mass is 10.0. The van der Waals surface area contributed by atoms with Gasteiger partial charge in [-0.25, -0.2) is 9.88 Å². The van der Waals surface area contributed by atoms with Crippen molar-refractivity contribution in [2.75, 3.05) is 4.90 Å². The number of carbonyl (C=O) groups excluding carboxylic acids is 3. The fourth-order valence-corrected chi connectivity index (χ4v) is 6.78. The number of aryl methyl sites for hydroxylation is 2. The minimum Gasteiger partial charge on any atom is -0.323 e. The molecule has 38 heavy (non-hydrogen) atoms. The zero-order chi connectivity index (χ0) is 26.4. The SMILES string of the molecule is Cc1ccc2nc(-c3ccc(N4C(=O)CC(N(C(=O)c5ccccc5C)C5CCCC5)C4=O)cc3)sc2c1. The van der Waals surface area contributed by atoms with Gasteiger partial charge in [-0.15, -0.1) is 11.3 Å². The van der Waals surface area contributed by atoms with Crippen molar-refractivity contribution in [3.8, 4) is 10.6 Å². The molecular weight excluding hydrogens is 494 g/mol. The smallest absolute Gasteiger partial charge is 0.257 e. The highest BCUT2D eigenvalue weighted by Crippen LogP contribution is 2.35. The van der Waals surface area contributed by atoms with Crippen molar-refractivity contribution in [2.45, 2.75) is 58.0 Å². The summed E-state index contributed by atoms with van der Waals surface area (Å²) in [7, 11) is 0. The zero-order valence-corrected chi connectivity index (χ0v) is 22.3. The van der Waals surface area contributed by atoms with Crippen LogP contribution in [0.3, 0.4) is 0 Å². The molecule has 3 aromatic carbocycles. The summed E-state index contributed by atoms with van der Waals surface area (Å²) < 4.78 is 1.13. The van der Waals surface area contributed by atoms with E-state index < -0.39 is 6.04 Å². The maximum atomic E-state index is 13.8. The lowest BCUT2D eigenvalue weighted by molar-refractivity contribution is -0.123. The number of fused-ring (bicyclic) bond motifs is 1. The van der Waals surface area contributed by atoms with E-state index >= 15 is 0 Å². The zero-order valence-electron chi connectivity index (χ0n) is 21.5. The van der Waals surface area contributed by atoms with E-state index in [1.165, 1.54) is 10.5 Å². The Balaban J connectivity index is 1.28. The second-order valence-electron chi connectivity index (χ2n) is 10.3. The number of thiazole rings is 1. The van der Waals surface area contributed by atoms with Crippen molar-refractivity contribution < 1.29 is 14.4 Å². The molecule has 2 aliphatic rings. The summed E-state index contributed by atoms with van der Waals surface area (Å²) in [6, 6.07) is 20.2. The number of carbonyl (C=O) groups is 3. The van der Waals surface area contributed by atoms with Gasteiger partial charge in [0.25, 0.3) is 11.8 Å². The van der Waals surface area contributed by atoms with Gasteiger partial charge < -0.3 is 4.90 Å². The van der Waals surface area contributed by atoms with Crippen LogP contribution in [0.1, 0.15) is 53.6 Å². The van der Waals surface area contributed by atoms with Crippen molar-refractivity contribution in [3.63, 3.8) is 0 Å². The van der Waals surface area contributed by atoms with E-state index in [4.69, 9.17) is 4.98 Å². The summed E-state index contributed by atoms with van der Waals surface area (Å²) in [6.45, 7) is 3.97.